The Morgan fingerprint density at radius 2 is 1.53 bits per heavy atom. The summed E-state index contributed by atoms with van der Waals surface area (Å²) in [5, 5.41) is 4.96. The van der Waals surface area contributed by atoms with Crippen LogP contribution >= 0.6 is 0 Å². The Balaban J connectivity index is 1.76. The molecule has 0 saturated carbocycles. The second-order valence-corrected chi connectivity index (χ2v) is 6.60. The van der Waals surface area contributed by atoms with Gasteiger partial charge in [0.25, 0.3) is 5.91 Å². The monoisotopic (exact) mass is 422 g/mol. The second-order valence-electron chi connectivity index (χ2n) is 6.60. The molecule has 0 aliphatic heterocycles. The van der Waals surface area contributed by atoms with Gasteiger partial charge in [0.05, 0.1) is 12.0 Å². The Morgan fingerprint density at radius 3 is 2.17 bits per heavy atom. The van der Waals surface area contributed by atoms with E-state index >= 15 is 0 Å². The molecule has 0 heterocycles. The number of carbonyl (C=O) groups excluding carboxylic acids is 3. The molecule has 2 N–H and O–H groups in total. The summed E-state index contributed by atoms with van der Waals surface area (Å²) < 4.78 is 42.8. The highest BCUT2D eigenvalue weighted by Crippen LogP contribution is 2.30. The average Bonchev–Trinajstić information content (AvgIpc) is 2.67. The number of ether oxygens (including phenoxy) is 1. The molecule has 0 bridgehead atoms. The molecule has 160 valence electrons. The van der Waals surface area contributed by atoms with Crippen molar-refractivity contribution in [3.8, 4) is 0 Å². The summed E-state index contributed by atoms with van der Waals surface area (Å²) >= 11 is 0. The first-order chi connectivity index (χ1) is 14.1. The van der Waals surface area contributed by atoms with Gasteiger partial charge < -0.3 is 15.4 Å². The molecule has 2 aromatic rings. The number of esters is 1. The first-order valence-corrected chi connectivity index (χ1v) is 9.05. The van der Waals surface area contributed by atoms with Crippen molar-refractivity contribution in [2.75, 3.05) is 17.2 Å². The highest BCUT2D eigenvalue weighted by Gasteiger charge is 2.30. The molecule has 6 nitrogen and oxygen atoms in total. The van der Waals surface area contributed by atoms with Gasteiger partial charge in [0, 0.05) is 17.8 Å². The van der Waals surface area contributed by atoms with E-state index in [1.54, 1.807) is 0 Å². The second kappa shape index (κ2) is 9.91. The fourth-order valence-electron chi connectivity index (χ4n) is 2.62. The molecule has 2 rings (SSSR count). The SMILES string of the molecule is Cc1cccc(C)c1NC(=O)CCC(=O)OCC(=O)Nc1cccc(C(F)(F)F)c1. The van der Waals surface area contributed by atoms with Crippen LogP contribution in [-0.4, -0.2) is 24.4 Å². The predicted molar refractivity (Wildman–Crippen MR) is 105 cm³/mol. The Bertz CT molecular complexity index is 922. The van der Waals surface area contributed by atoms with Crippen molar-refractivity contribution in [3.63, 3.8) is 0 Å². The first kappa shape index (κ1) is 22.9. The highest BCUT2D eigenvalue weighted by atomic mass is 19.4. The Hall–Kier alpha value is -3.36. The van der Waals surface area contributed by atoms with Crippen LogP contribution in [0.5, 0.6) is 0 Å². The van der Waals surface area contributed by atoms with Crippen LogP contribution in [0.3, 0.4) is 0 Å². The fourth-order valence-corrected chi connectivity index (χ4v) is 2.62. The number of aryl methyl sites for hydroxylation is 2. The Labute approximate surface area is 171 Å². The number of hydrogen-bond acceptors (Lipinski definition) is 4. The third-order valence-electron chi connectivity index (χ3n) is 4.14. The van der Waals surface area contributed by atoms with Crippen LogP contribution in [0.25, 0.3) is 0 Å². The number of alkyl halides is 3. The smallest absolute Gasteiger partial charge is 0.416 e. The maximum absolute atomic E-state index is 12.7. The Morgan fingerprint density at radius 1 is 0.900 bits per heavy atom. The molecule has 2 amide bonds. The minimum Gasteiger partial charge on any atom is -0.456 e. The molecule has 30 heavy (non-hydrogen) atoms. The van der Waals surface area contributed by atoms with Crippen LogP contribution < -0.4 is 10.6 Å². The van der Waals surface area contributed by atoms with Gasteiger partial charge in [-0.2, -0.15) is 13.2 Å². The quantitative estimate of drug-likeness (QED) is 0.655. The molecular formula is C21H21F3N2O4. The molecule has 0 spiro atoms. The van der Waals surface area contributed by atoms with E-state index in [1.165, 1.54) is 6.07 Å². The van der Waals surface area contributed by atoms with Crippen molar-refractivity contribution in [2.45, 2.75) is 32.9 Å². The summed E-state index contributed by atoms with van der Waals surface area (Å²) in [5.41, 5.74) is 1.47. The van der Waals surface area contributed by atoms with Gasteiger partial charge in [-0.1, -0.05) is 24.3 Å². The molecule has 0 aliphatic carbocycles. The number of amides is 2. The maximum atomic E-state index is 12.7. The number of carbonyl (C=O) groups is 3. The highest BCUT2D eigenvalue weighted by molar-refractivity contribution is 5.95. The standard InChI is InChI=1S/C21H21F3N2O4/c1-13-5-3-6-14(2)20(13)26-17(27)9-10-19(29)30-12-18(28)25-16-8-4-7-15(11-16)21(22,23)24/h3-8,11H,9-10,12H2,1-2H3,(H,25,28)(H,26,27). The van der Waals surface area contributed by atoms with Gasteiger partial charge in [-0.05, 0) is 43.2 Å². The lowest BCUT2D eigenvalue weighted by Crippen LogP contribution is -2.22. The minimum atomic E-state index is -4.54. The summed E-state index contributed by atoms with van der Waals surface area (Å²) in [6, 6.07) is 9.64. The van der Waals surface area contributed by atoms with Gasteiger partial charge in [-0.25, -0.2) is 0 Å². The van der Waals surface area contributed by atoms with Crippen LogP contribution in [0.15, 0.2) is 42.5 Å². The zero-order valence-corrected chi connectivity index (χ0v) is 16.4. The summed E-state index contributed by atoms with van der Waals surface area (Å²) in [6.45, 7) is 3.02. The number of hydrogen-bond donors (Lipinski definition) is 2. The van der Waals surface area contributed by atoms with Gasteiger partial charge in [-0.15, -0.1) is 0 Å². The van der Waals surface area contributed by atoms with Crippen molar-refractivity contribution in [1.82, 2.24) is 0 Å². The number of nitrogens with one attached hydrogen (secondary N) is 2. The van der Waals surface area contributed by atoms with Gasteiger partial charge in [0.2, 0.25) is 5.91 Å². The minimum absolute atomic E-state index is 0.0705. The van der Waals surface area contributed by atoms with Crippen LogP contribution in [0.2, 0.25) is 0 Å². The third kappa shape index (κ3) is 6.91. The molecule has 0 radical (unpaired) electrons. The summed E-state index contributed by atoms with van der Waals surface area (Å²) in [5.74, 6) is -1.94. The third-order valence-corrected chi connectivity index (χ3v) is 4.14. The Kier molecular flexibility index (Phi) is 7.57. The van der Waals surface area contributed by atoms with Crippen molar-refractivity contribution in [1.29, 1.82) is 0 Å². The number of rotatable bonds is 7. The molecule has 0 unspecified atom stereocenters. The summed E-state index contributed by atoms with van der Waals surface area (Å²) in [4.78, 5) is 35.6. The largest absolute Gasteiger partial charge is 0.456 e. The molecule has 0 aliphatic rings. The predicted octanol–water partition coefficient (Wildman–Crippen LogP) is 4.22. The van der Waals surface area contributed by atoms with E-state index in [1.807, 2.05) is 32.0 Å². The number of anilines is 2. The molecule has 0 atom stereocenters. The summed E-state index contributed by atoms with van der Waals surface area (Å²) in [6.07, 6.45) is -4.92. The van der Waals surface area contributed by atoms with Crippen molar-refractivity contribution < 1.29 is 32.3 Å². The van der Waals surface area contributed by atoms with Crippen LogP contribution in [0, 0.1) is 13.8 Å². The number of para-hydroxylation sites is 1. The van der Waals surface area contributed by atoms with Gasteiger partial charge in [0.1, 0.15) is 0 Å². The molecular weight excluding hydrogens is 401 g/mol. The molecule has 2 aromatic carbocycles. The summed E-state index contributed by atoms with van der Waals surface area (Å²) in [7, 11) is 0. The van der Waals surface area contributed by atoms with Gasteiger partial charge >= 0.3 is 12.1 Å². The van der Waals surface area contributed by atoms with Crippen molar-refractivity contribution in [3.05, 3.63) is 59.2 Å². The normalized spacial score (nSPS) is 11.0. The van der Waals surface area contributed by atoms with E-state index < -0.39 is 30.2 Å². The van der Waals surface area contributed by atoms with Crippen LogP contribution in [-0.2, 0) is 25.3 Å². The lowest BCUT2D eigenvalue weighted by molar-refractivity contribution is -0.147. The molecule has 0 saturated heterocycles. The molecule has 0 fully saturated rings. The fraction of sp³-hybridized carbons (Fsp3) is 0.286. The number of halogens is 3. The van der Waals surface area contributed by atoms with E-state index in [-0.39, 0.29) is 24.4 Å². The van der Waals surface area contributed by atoms with E-state index in [4.69, 9.17) is 4.74 Å². The van der Waals surface area contributed by atoms with E-state index in [0.717, 1.165) is 29.3 Å². The number of benzene rings is 2. The lowest BCUT2D eigenvalue weighted by Gasteiger charge is -2.11. The van der Waals surface area contributed by atoms with E-state index in [2.05, 4.69) is 10.6 Å². The molecule has 9 heteroatoms. The van der Waals surface area contributed by atoms with E-state index in [9.17, 15) is 27.6 Å². The van der Waals surface area contributed by atoms with Crippen LogP contribution in [0.4, 0.5) is 24.5 Å². The zero-order valence-electron chi connectivity index (χ0n) is 16.4. The first-order valence-electron chi connectivity index (χ1n) is 9.05. The average molecular weight is 422 g/mol. The van der Waals surface area contributed by atoms with Gasteiger partial charge in [0.15, 0.2) is 6.61 Å². The van der Waals surface area contributed by atoms with Gasteiger partial charge in [-0.3, -0.25) is 14.4 Å². The molecule has 0 aromatic heterocycles. The zero-order chi connectivity index (χ0) is 22.3. The topological polar surface area (TPSA) is 84.5 Å². The maximum Gasteiger partial charge on any atom is 0.416 e. The van der Waals surface area contributed by atoms with Crippen LogP contribution in [0.1, 0.15) is 29.5 Å². The lowest BCUT2D eigenvalue weighted by atomic mass is 10.1. The van der Waals surface area contributed by atoms with Crippen molar-refractivity contribution >= 4 is 29.2 Å². The van der Waals surface area contributed by atoms with Crippen molar-refractivity contribution in [2.24, 2.45) is 0 Å². The van der Waals surface area contributed by atoms with E-state index in [0.29, 0.717) is 5.69 Å².